The highest BCUT2D eigenvalue weighted by atomic mass is 16.5. The molecule has 21 heavy (non-hydrogen) atoms. The molecule has 1 aliphatic rings. The van der Waals surface area contributed by atoms with Gasteiger partial charge in [0.1, 0.15) is 11.6 Å². The van der Waals surface area contributed by atoms with Crippen LogP contribution in [0.15, 0.2) is 54.7 Å². The van der Waals surface area contributed by atoms with Crippen LogP contribution in [0.1, 0.15) is 18.9 Å². The smallest absolute Gasteiger partial charge is 0.128 e. The first kappa shape index (κ1) is 13.7. The highest BCUT2D eigenvalue weighted by molar-refractivity contribution is 5.72. The number of hydrogen-bond acceptors (Lipinski definition) is 3. The fraction of sp³-hybridized carbons (Fsp3) is 0.278. The molecule has 0 spiro atoms. The summed E-state index contributed by atoms with van der Waals surface area (Å²) >= 11 is 0. The molecule has 1 aliphatic heterocycles. The van der Waals surface area contributed by atoms with Crippen LogP contribution in [0.3, 0.4) is 0 Å². The van der Waals surface area contributed by atoms with Crippen molar-refractivity contribution in [2.45, 2.75) is 13.3 Å². The molecule has 3 rings (SSSR count). The Balaban J connectivity index is 1.79. The third kappa shape index (κ3) is 3.07. The van der Waals surface area contributed by atoms with E-state index in [2.05, 4.69) is 34.2 Å². The molecule has 0 saturated carbocycles. The quantitative estimate of drug-likeness (QED) is 0.852. The molecule has 0 radical (unpaired) electrons. The highest BCUT2D eigenvalue weighted by Crippen LogP contribution is 2.31. The Kier molecular flexibility index (Phi) is 4.20. The van der Waals surface area contributed by atoms with E-state index in [9.17, 15) is 0 Å². The number of anilines is 1. The van der Waals surface area contributed by atoms with Gasteiger partial charge in [-0.15, -0.1) is 0 Å². The zero-order valence-electron chi connectivity index (χ0n) is 12.3. The maximum absolute atomic E-state index is 5.73. The Morgan fingerprint density at radius 2 is 2.00 bits per heavy atom. The van der Waals surface area contributed by atoms with Crippen LogP contribution < -0.4 is 9.64 Å². The Morgan fingerprint density at radius 1 is 1.14 bits per heavy atom. The summed E-state index contributed by atoms with van der Waals surface area (Å²) in [6.07, 6.45) is 5.15. The molecule has 1 aromatic heterocycles. The first-order chi connectivity index (χ1) is 10.4. The number of rotatable bonds is 4. The van der Waals surface area contributed by atoms with Gasteiger partial charge >= 0.3 is 0 Å². The van der Waals surface area contributed by atoms with Gasteiger partial charge in [-0.05, 0) is 37.1 Å². The minimum absolute atomic E-state index is 0.699. The van der Waals surface area contributed by atoms with Gasteiger partial charge in [-0.3, -0.25) is 0 Å². The number of hydrogen-bond donors (Lipinski definition) is 0. The van der Waals surface area contributed by atoms with Crippen LogP contribution >= 0.6 is 0 Å². The van der Waals surface area contributed by atoms with Gasteiger partial charge in [0.2, 0.25) is 0 Å². The first-order valence-corrected chi connectivity index (χ1v) is 7.45. The Hall–Kier alpha value is -2.29. The van der Waals surface area contributed by atoms with E-state index >= 15 is 0 Å². The van der Waals surface area contributed by atoms with Crippen LogP contribution in [0.4, 0.5) is 5.82 Å². The van der Waals surface area contributed by atoms with Gasteiger partial charge in [-0.25, -0.2) is 4.98 Å². The van der Waals surface area contributed by atoms with Crippen LogP contribution in [0.2, 0.25) is 0 Å². The summed E-state index contributed by atoms with van der Waals surface area (Å²) in [4.78, 5) is 6.72. The van der Waals surface area contributed by atoms with Crippen molar-refractivity contribution in [1.82, 2.24) is 4.98 Å². The van der Waals surface area contributed by atoms with E-state index in [0.717, 1.165) is 31.1 Å². The topological polar surface area (TPSA) is 25.4 Å². The molecule has 0 saturated heterocycles. The minimum Gasteiger partial charge on any atom is -0.493 e. The molecule has 0 bridgehead atoms. The lowest BCUT2D eigenvalue weighted by Crippen LogP contribution is -2.28. The van der Waals surface area contributed by atoms with Crippen molar-refractivity contribution >= 4 is 11.4 Å². The van der Waals surface area contributed by atoms with Gasteiger partial charge in [0.05, 0.1) is 6.61 Å². The van der Waals surface area contributed by atoms with E-state index in [0.29, 0.717) is 6.61 Å². The van der Waals surface area contributed by atoms with Crippen LogP contribution in [0.25, 0.3) is 5.57 Å². The molecule has 108 valence electrons. The third-order valence-corrected chi connectivity index (χ3v) is 3.72. The van der Waals surface area contributed by atoms with Crippen molar-refractivity contribution in [1.29, 1.82) is 0 Å². The number of ether oxygens (including phenoxy) is 1. The molecule has 1 aromatic carbocycles. The molecule has 0 fully saturated rings. The molecule has 3 nitrogen and oxygen atoms in total. The van der Waals surface area contributed by atoms with E-state index < -0.39 is 0 Å². The van der Waals surface area contributed by atoms with Crippen molar-refractivity contribution in [3.05, 3.63) is 60.3 Å². The van der Waals surface area contributed by atoms with E-state index in [1.165, 1.54) is 11.1 Å². The Labute approximate surface area is 125 Å². The summed E-state index contributed by atoms with van der Waals surface area (Å²) in [6.45, 7) is 4.61. The predicted molar refractivity (Wildman–Crippen MR) is 86.7 cm³/mol. The van der Waals surface area contributed by atoms with Gasteiger partial charge in [0.15, 0.2) is 0 Å². The second-order valence-electron chi connectivity index (χ2n) is 5.04. The molecule has 0 atom stereocenters. The molecule has 2 heterocycles. The summed E-state index contributed by atoms with van der Waals surface area (Å²) in [7, 11) is 0. The standard InChI is InChI=1S/C18H20N2O/c1-2-21-17-8-4-3-7-16(17)15-10-13-20(14-11-15)18-9-5-6-12-19-18/h3-10,12H,2,11,13-14H2,1H3. The van der Waals surface area contributed by atoms with Crippen molar-refractivity contribution in [3.8, 4) is 5.75 Å². The van der Waals surface area contributed by atoms with Crippen molar-refractivity contribution in [2.24, 2.45) is 0 Å². The summed E-state index contributed by atoms with van der Waals surface area (Å²) in [5, 5.41) is 0. The fourth-order valence-corrected chi connectivity index (χ4v) is 2.68. The number of para-hydroxylation sites is 1. The van der Waals surface area contributed by atoms with Crippen molar-refractivity contribution in [3.63, 3.8) is 0 Å². The predicted octanol–water partition coefficient (Wildman–Crippen LogP) is 3.77. The molecule has 2 aromatic rings. The summed E-state index contributed by atoms with van der Waals surface area (Å²) < 4.78 is 5.73. The molecule has 0 aliphatic carbocycles. The van der Waals surface area contributed by atoms with Crippen molar-refractivity contribution in [2.75, 3.05) is 24.6 Å². The Bertz CT molecular complexity index is 622. The molecule has 3 heteroatoms. The number of benzene rings is 1. The summed E-state index contributed by atoms with van der Waals surface area (Å²) in [6, 6.07) is 14.3. The monoisotopic (exact) mass is 280 g/mol. The lowest BCUT2D eigenvalue weighted by molar-refractivity contribution is 0.339. The van der Waals surface area contributed by atoms with E-state index in [1.807, 2.05) is 37.4 Å². The third-order valence-electron chi connectivity index (χ3n) is 3.72. The largest absolute Gasteiger partial charge is 0.493 e. The van der Waals surface area contributed by atoms with Crippen molar-refractivity contribution < 1.29 is 4.74 Å². The van der Waals surface area contributed by atoms with Gasteiger partial charge in [0, 0.05) is 24.8 Å². The first-order valence-electron chi connectivity index (χ1n) is 7.45. The van der Waals surface area contributed by atoms with E-state index in [-0.39, 0.29) is 0 Å². The van der Waals surface area contributed by atoms with E-state index in [4.69, 9.17) is 4.74 Å². The lowest BCUT2D eigenvalue weighted by atomic mass is 9.98. The summed E-state index contributed by atoms with van der Waals surface area (Å²) in [5.41, 5.74) is 2.59. The molecular formula is C18H20N2O. The maximum atomic E-state index is 5.73. The van der Waals surface area contributed by atoms with Gasteiger partial charge < -0.3 is 9.64 Å². The second kappa shape index (κ2) is 6.44. The van der Waals surface area contributed by atoms with Gasteiger partial charge in [-0.2, -0.15) is 0 Å². The highest BCUT2D eigenvalue weighted by Gasteiger charge is 2.16. The molecular weight excluding hydrogens is 260 g/mol. The lowest BCUT2D eigenvalue weighted by Gasteiger charge is -2.28. The van der Waals surface area contributed by atoms with Crippen LogP contribution in [0.5, 0.6) is 5.75 Å². The summed E-state index contributed by atoms with van der Waals surface area (Å²) in [5.74, 6) is 2.03. The minimum atomic E-state index is 0.699. The zero-order valence-corrected chi connectivity index (χ0v) is 12.3. The van der Waals surface area contributed by atoms with Crippen LogP contribution in [0, 0.1) is 0 Å². The number of pyridine rings is 1. The van der Waals surface area contributed by atoms with Crippen LogP contribution in [-0.4, -0.2) is 24.7 Å². The molecule has 0 N–H and O–H groups in total. The average molecular weight is 280 g/mol. The average Bonchev–Trinajstić information content (AvgIpc) is 2.57. The van der Waals surface area contributed by atoms with Gasteiger partial charge in [-0.1, -0.05) is 30.3 Å². The number of aromatic nitrogens is 1. The number of nitrogens with zero attached hydrogens (tertiary/aromatic N) is 2. The SMILES string of the molecule is CCOc1ccccc1C1=CCN(c2ccccn2)CC1. The zero-order chi connectivity index (χ0) is 14.5. The normalized spacial score (nSPS) is 14.7. The molecule has 0 unspecified atom stereocenters. The second-order valence-corrected chi connectivity index (χ2v) is 5.04. The van der Waals surface area contributed by atoms with Crippen LogP contribution in [-0.2, 0) is 0 Å². The molecule has 0 amide bonds. The van der Waals surface area contributed by atoms with E-state index in [1.54, 1.807) is 0 Å². The van der Waals surface area contributed by atoms with Gasteiger partial charge in [0.25, 0.3) is 0 Å². The fourth-order valence-electron chi connectivity index (χ4n) is 2.68. The maximum Gasteiger partial charge on any atom is 0.128 e. The Morgan fingerprint density at radius 3 is 2.71 bits per heavy atom.